The molecule has 3 aromatic carbocycles. The number of hydrogen-bond acceptors (Lipinski definition) is 9. The predicted octanol–water partition coefficient (Wildman–Crippen LogP) is 2.65. The number of hydrogen-bond donors (Lipinski definition) is 6. The summed E-state index contributed by atoms with van der Waals surface area (Å²) in [4.78, 5) is -2.49. The van der Waals surface area contributed by atoms with Crippen molar-refractivity contribution < 1.29 is 54.2 Å². The molecule has 38 heavy (non-hydrogen) atoms. The summed E-state index contributed by atoms with van der Waals surface area (Å²) in [6.45, 7) is 4.49. The second-order valence-corrected chi connectivity index (χ2v) is 12.9. The average Bonchev–Trinajstić information content (AvgIpc) is 2.73. The Bertz CT molecular complexity index is 1790. The van der Waals surface area contributed by atoms with Crippen LogP contribution >= 0.6 is 0 Å². The maximum absolute atomic E-state index is 12.1. The molecule has 0 aromatic heterocycles. The fourth-order valence-corrected chi connectivity index (χ4v) is 5.97. The third-order valence-electron chi connectivity index (χ3n) is 6.22. The van der Waals surface area contributed by atoms with E-state index in [0.717, 1.165) is 24.3 Å². The number of benzene rings is 3. The summed E-state index contributed by atoms with van der Waals surface area (Å²) in [5, 5.41) is 31.3. The molecule has 6 N–H and O–H groups in total. The SMILES string of the molecule is Cc1cc(O)c(S(=O)(=O)O)cc1Cc1c(C)c(Cc2c(C)ccc(S(=O)(=O)O)c2O)cc(S(=O)(=O)O)c1O. The Morgan fingerprint density at radius 1 is 0.579 bits per heavy atom. The van der Waals surface area contributed by atoms with Crippen LogP contribution in [-0.2, 0) is 43.2 Å². The molecule has 12 nitrogen and oxygen atoms in total. The lowest BCUT2D eigenvalue weighted by molar-refractivity contribution is 0.437. The zero-order valence-electron chi connectivity index (χ0n) is 20.2. The van der Waals surface area contributed by atoms with Gasteiger partial charge >= 0.3 is 0 Å². The van der Waals surface area contributed by atoms with E-state index in [-0.39, 0.29) is 40.7 Å². The van der Waals surface area contributed by atoms with Gasteiger partial charge in [-0.05, 0) is 72.9 Å². The molecule has 0 heterocycles. The summed E-state index contributed by atoms with van der Waals surface area (Å²) in [7, 11) is -14.6. The highest BCUT2D eigenvalue weighted by Gasteiger charge is 2.26. The van der Waals surface area contributed by atoms with E-state index in [1.165, 1.54) is 26.8 Å². The largest absolute Gasteiger partial charge is 0.506 e. The average molecular weight is 589 g/mol. The minimum absolute atomic E-state index is 0.00984. The van der Waals surface area contributed by atoms with Gasteiger partial charge in [-0.15, -0.1) is 0 Å². The van der Waals surface area contributed by atoms with Gasteiger partial charge in [0.1, 0.15) is 31.9 Å². The van der Waals surface area contributed by atoms with Crippen LogP contribution in [0.15, 0.2) is 45.0 Å². The molecule has 0 radical (unpaired) electrons. The fourth-order valence-electron chi connectivity index (χ4n) is 4.09. The van der Waals surface area contributed by atoms with Crippen LogP contribution in [0.4, 0.5) is 0 Å². The Morgan fingerprint density at radius 3 is 1.58 bits per heavy atom. The summed E-state index contributed by atoms with van der Waals surface area (Å²) in [5.41, 5.74) is 1.17. The molecule has 0 bridgehead atoms. The molecule has 3 rings (SSSR count). The Hall–Kier alpha value is -3.21. The molecule has 3 aromatic rings. The highest BCUT2D eigenvalue weighted by molar-refractivity contribution is 7.86. The predicted molar refractivity (Wildman–Crippen MR) is 134 cm³/mol. The van der Waals surface area contributed by atoms with Gasteiger partial charge in [0.2, 0.25) is 0 Å². The first-order valence-electron chi connectivity index (χ1n) is 10.6. The molecular formula is C23H24O12S3. The van der Waals surface area contributed by atoms with Gasteiger partial charge in [0, 0.05) is 24.0 Å². The number of phenols is 3. The number of aryl methyl sites for hydroxylation is 2. The number of phenolic OH excluding ortho intramolecular Hbond substituents is 3. The van der Waals surface area contributed by atoms with E-state index >= 15 is 0 Å². The summed E-state index contributed by atoms with van der Waals surface area (Å²) in [5.74, 6) is -2.35. The third kappa shape index (κ3) is 5.77. The zero-order chi connectivity index (χ0) is 29.0. The molecule has 15 heteroatoms. The van der Waals surface area contributed by atoms with Crippen LogP contribution in [0.2, 0.25) is 0 Å². The fraction of sp³-hybridized carbons (Fsp3) is 0.217. The van der Waals surface area contributed by atoms with Crippen molar-refractivity contribution in [1.82, 2.24) is 0 Å². The maximum Gasteiger partial charge on any atom is 0.298 e. The second-order valence-electron chi connectivity index (χ2n) is 8.72. The summed E-state index contributed by atoms with van der Waals surface area (Å²) in [6.07, 6.45) is -0.619. The minimum Gasteiger partial charge on any atom is -0.506 e. The van der Waals surface area contributed by atoms with Crippen LogP contribution in [0.25, 0.3) is 0 Å². The summed E-state index contributed by atoms with van der Waals surface area (Å²) >= 11 is 0. The first kappa shape index (κ1) is 29.3. The van der Waals surface area contributed by atoms with Crippen molar-refractivity contribution in [3.8, 4) is 17.2 Å². The Kier molecular flexibility index (Phi) is 7.59. The topological polar surface area (TPSA) is 224 Å². The zero-order valence-corrected chi connectivity index (χ0v) is 22.6. The van der Waals surface area contributed by atoms with Gasteiger partial charge in [-0.2, -0.15) is 25.3 Å². The molecule has 0 aliphatic carbocycles. The van der Waals surface area contributed by atoms with Crippen molar-refractivity contribution >= 4 is 30.4 Å². The van der Waals surface area contributed by atoms with Crippen LogP contribution < -0.4 is 0 Å². The van der Waals surface area contributed by atoms with Gasteiger partial charge in [0.15, 0.2) is 0 Å². The molecule has 0 aliphatic heterocycles. The normalized spacial score (nSPS) is 12.6. The van der Waals surface area contributed by atoms with Crippen LogP contribution in [0.1, 0.15) is 38.9 Å². The highest BCUT2D eigenvalue weighted by atomic mass is 32.2. The lowest BCUT2D eigenvalue weighted by Gasteiger charge is -2.19. The van der Waals surface area contributed by atoms with Gasteiger partial charge < -0.3 is 15.3 Å². The first-order chi connectivity index (χ1) is 17.2. The van der Waals surface area contributed by atoms with E-state index in [1.54, 1.807) is 0 Å². The van der Waals surface area contributed by atoms with Gasteiger partial charge in [-0.3, -0.25) is 13.7 Å². The van der Waals surface area contributed by atoms with E-state index in [2.05, 4.69) is 0 Å². The quantitative estimate of drug-likeness (QED) is 0.219. The van der Waals surface area contributed by atoms with E-state index in [9.17, 15) is 54.2 Å². The van der Waals surface area contributed by atoms with Crippen molar-refractivity contribution in [3.63, 3.8) is 0 Å². The Morgan fingerprint density at radius 2 is 1.05 bits per heavy atom. The molecule has 0 saturated carbocycles. The lowest BCUT2D eigenvalue weighted by Crippen LogP contribution is -2.08. The van der Waals surface area contributed by atoms with Gasteiger partial charge in [0.05, 0.1) is 0 Å². The van der Waals surface area contributed by atoms with Crippen molar-refractivity contribution in [2.75, 3.05) is 0 Å². The Labute approximate surface area is 219 Å². The van der Waals surface area contributed by atoms with Crippen LogP contribution in [-0.4, -0.2) is 54.2 Å². The lowest BCUT2D eigenvalue weighted by atomic mass is 9.90. The van der Waals surface area contributed by atoms with E-state index in [1.807, 2.05) is 0 Å². The number of aromatic hydroxyl groups is 3. The maximum atomic E-state index is 12.1. The highest BCUT2D eigenvalue weighted by Crippen LogP contribution is 2.38. The van der Waals surface area contributed by atoms with Gasteiger partial charge in [-0.1, -0.05) is 6.07 Å². The van der Waals surface area contributed by atoms with Crippen molar-refractivity contribution in [2.45, 2.75) is 48.3 Å². The molecule has 206 valence electrons. The standard InChI is InChI=1S/C23H24O12S3/c1-11-4-5-19(36(27,28)29)22(25)16(11)8-15-10-21(38(33,34)35)23(26)17(13(15)3)7-14-9-20(37(30,31)32)18(24)6-12(14)2/h4-6,9-10,24-26H,7-8H2,1-3H3,(H,27,28,29)(H,30,31,32)(H,33,34,35). The van der Waals surface area contributed by atoms with Gasteiger partial charge in [0.25, 0.3) is 30.4 Å². The van der Waals surface area contributed by atoms with Crippen LogP contribution in [0, 0.1) is 20.8 Å². The second kappa shape index (κ2) is 9.83. The Balaban J connectivity index is 2.29. The molecule has 0 aliphatic rings. The van der Waals surface area contributed by atoms with Crippen molar-refractivity contribution in [2.24, 2.45) is 0 Å². The minimum atomic E-state index is -5.00. The first-order valence-corrected chi connectivity index (χ1v) is 15.0. The molecule has 0 fully saturated rings. The molecule has 0 unspecified atom stereocenters. The van der Waals surface area contributed by atoms with E-state index in [4.69, 9.17) is 0 Å². The smallest absolute Gasteiger partial charge is 0.298 e. The van der Waals surface area contributed by atoms with E-state index in [0.29, 0.717) is 11.1 Å². The molecule has 0 saturated heterocycles. The summed E-state index contributed by atoms with van der Waals surface area (Å²) < 4.78 is 99.4. The molecule has 0 spiro atoms. The van der Waals surface area contributed by atoms with Crippen LogP contribution in [0.3, 0.4) is 0 Å². The molecular weight excluding hydrogens is 564 g/mol. The monoisotopic (exact) mass is 588 g/mol. The molecule has 0 atom stereocenters. The number of rotatable bonds is 7. The van der Waals surface area contributed by atoms with Crippen molar-refractivity contribution in [3.05, 3.63) is 69.3 Å². The molecule has 0 amide bonds. The third-order valence-corrected chi connectivity index (χ3v) is 8.86. The summed E-state index contributed by atoms with van der Waals surface area (Å²) in [6, 6.07) is 5.25. The van der Waals surface area contributed by atoms with Gasteiger partial charge in [-0.25, -0.2) is 0 Å². The van der Waals surface area contributed by atoms with Crippen LogP contribution in [0.5, 0.6) is 17.2 Å². The van der Waals surface area contributed by atoms with E-state index < -0.39 is 62.3 Å². The van der Waals surface area contributed by atoms with Crippen molar-refractivity contribution in [1.29, 1.82) is 0 Å².